The normalized spacial score (nSPS) is 10.3. The summed E-state index contributed by atoms with van der Waals surface area (Å²) in [7, 11) is 0. The Labute approximate surface area is 793 Å². The summed E-state index contributed by atoms with van der Waals surface area (Å²) in [4.78, 5) is 64.9. The fraction of sp³-hybridized carbons (Fsp3) is 0.0337. The van der Waals surface area contributed by atoms with Gasteiger partial charge in [0, 0.05) is 17.9 Å². The third kappa shape index (κ3) is 28.9. The molecule has 0 aliphatic rings. The van der Waals surface area contributed by atoms with Crippen molar-refractivity contribution in [2.24, 2.45) is 0 Å². The quantitative estimate of drug-likeness (QED) is 0.0393. The number of halogens is 9. The Morgan fingerprint density at radius 1 is 0.222 bits per heavy atom. The predicted octanol–water partition coefficient (Wildman–Crippen LogP) is 27.4. The molecule has 0 radical (unpaired) electrons. The first-order valence-electron chi connectivity index (χ1n) is 34.0. The van der Waals surface area contributed by atoms with Crippen molar-refractivity contribution in [3.63, 3.8) is 0 Å². The van der Waals surface area contributed by atoms with E-state index in [1.165, 1.54) is 52.1 Å². The van der Waals surface area contributed by atoms with E-state index in [9.17, 15) is 33.9 Å². The van der Waals surface area contributed by atoms with E-state index < -0.39 is 35.8 Å². The molecule has 0 unspecified atom stereocenters. The molecular weight excluding hydrogens is 2520 g/mol. The van der Waals surface area contributed by atoms with Crippen LogP contribution in [-0.2, 0) is 0 Å². The fourth-order valence-corrected chi connectivity index (χ4v) is 18.6. The van der Waals surface area contributed by atoms with E-state index in [0.717, 1.165) is 103 Å². The van der Waals surface area contributed by atoms with Crippen molar-refractivity contribution in [3.8, 4) is 74.7 Å². The number of rotatable bonds is 18. The Morgan fingerprint density at radius 3 is 0.855 bits per heavy atom. The predicted molar refractivity (Wildman–Crippen MR) is 525 cm³/mol. The lowest BCUT2D eigenvalue weighted by molar-refractivity contribution is 0.0686. The van der Waals surface area contributed by atoms with Gasteiger partial charge in [-0.25, -0.2) is 28.8 Å². The minimum Gasteiger partial charge on any atom is -0.507 e. The molecule has 0 bridgehead atoms. The summed E-state index contributed by atoms with van der Waals surface area (Å²) in [5.41, 5.74) is 4.47. The van der Waals surface area contributed by atoms with Crippen LogP contribution in [0.2, 0.25) is 0 Å². The average Bonchev–Trinajstić information content (AvgIpc) is 0.814. The Bertz CT molecular complexity index is 5850. The van der Waals surface area contributed by atoms with E-state index in [1.54, 1.807) is 104 Å². The molecule has 14 rings (SSSR count). The van der Waals surface area contributed by atoms with Gasteiger partial charge >= 0.3 is 35.8 Å². The zero-order chi connectivity index (χ0) is 84.7. The molecule has 28 heteroatoms. The average molecular weight is 2580 g/mol. The molecule has 0 atom stereocenters. The van der Waals surface area contributed by atoms with E-state index in [-0.39, 0.29) is 39.1 Å². The number of ether oxygens (including phenoxy) is 6. The molecule has 14 aromatic rings. The minimum absolute atomic E-state index is 0.212. The summed E-state index contributed by atoms with van der Waals surface area (Å²) < 4.78 is 44.1. The van der Waals surface area contributed by atoms with Crippen molar-refractivity contribution >= 4 is 261 Å². The van der Waals surface area contributed by atoms with Crippen LogP contribution in [0.25, 0.3) is 21.5 Å². The maximum absolute atomic E-state index is 11.0. The molecule has 19 nitrogen and oxygen atoms in total. The highest BCUT2D eigenvalue weighted by Crippen LogP contribution is 2.38. The van der Waals surface area contributed by atoms with Gasteiger partial charge < -0.3 is 64.2 Å². The molecule has 0 spiro atoms. The Kier molecular flexibility index (Phi) is 35.2. The second kappa shape index (κ2) is 44.6. The number of hydrogen-bond acceptors (Lipinski definition) is 13. The SMILES string of the molecule is Cc1cc(I)cc(I)c1Oc1ccc2cc(C(=O)O)ccc2c1.Cc1cc(I)cc(Oc2ccc(C(=O)O)cc2)c1.Cc1cc(Oc2ccc(C(=O)O)cc2)cc(I)c1O.O=C(O)c1ccc(Oc2c(I)cc(I)cc2I)cc1.O=C(O)c1ccc(Oc2ccc(I)cc2)cc1.O=C(O)c1ccc2cc(Oc3ccc(I)cc3)ccc2c1. The Balaban J connectivity index is 0.000000161. The Morgan fingerprint density at radius 2 is 0.496 bits per heavy atom. The van der Waals surface area contributed by atoms with Crippen molar-refractivity contribution < 1.29 is 92.9 Å². The van der Waals surface area contributed by atoms with Gasteiger partial charge in [-0.05, 0) is 511 Å². The van der Waals surface area contributed by atoms with Crippen molar-refractivity contribution in [1.29, 1.82) is 0 Å². The summed E-state index contributed by atoms with van der Waals surface area (Å²) in [5.74, 6) is 3.01. The first-order chi connectivity index (χ1) is 55.7. The van der Waals surface area contributed by atoms with E-state index >= 15 is 0 Å². The highest BCUT2D eigenvalue weighted by Gasteiger charge is 2.15. The van der Waals surface area contributed by atoms with Gasteiger partial charge in [-0.15, -0.1) is 0 Å². The minimum atomic E-state index is -0.971. The smallest absolute Gasteiger partial charge is 0.335 e. The third-order valence-electron chi connectivity index (χ3n) is 15.9. The van der Waals surface area contributed by atoms with Crippen molar-refractivity contribution in [1.82, 2.24) is 0 Å². The van der Waals surface area contributed by atoms with Gasteiger partial charge in [-0.3, -0.25) is 0 Å². The van der Waals surface area contributed by atoms with Gasteiger partial charge in [0.25, 0.3) is 0 Å². The van der Waals surface area contributed by atoms with Crippen LogP contribution in [0.1, 0.15) is 78.8 Å². The van der Waals surface area contributed by atoms with Gasteiger partial charge in [-0.1, -0.05) is 24.3 Å². The highest BCUT2D eigenvalue weighted by molar-refractivity contribution is 14.1. The van der Waals surface area contributed by atoms with E-state index in [2.05, 4.69) is 199 Å². The number of phenols is 1. The standard InChI is InChI=1S/C18H12I2O3.C17H11IO3.C14H11IO4.C14H11IO3.C13H7I3O3.C13H9IO3/c1-10-6-14(19)9-16(20)17(10)23-15-5-4-11-7-13(18(21)22)3-2-12(11)8-15;18-14-4-7-15(8-5-14)21-16-6-3-11-9-13(17(19)20)2-1-12(11)10-16;1-8-6-11(7-12(15)13(8)16)19-10-4-2-9(3-5-10)14(17)18;1-9-6-11(15)8-13(7-9)18-12-4-2-10(3-5-12)14(16)17;14-8-5-10(15)12(11(16)6-8)19-9-3-1-7(2-4-9)13(17)18;14-10-3-7-12(8-4-10)17-11-5-1-9(2-6-11)13(15)16/h2-9H,1H3,(H,21,22);1-10H,(H,19,20);2-7,16H,1H3,(H,17,18);2-8H,1H3,(H,16,17);1-6H,(H,17,18);1-8H,(H,15,16). The molecule has 0 aliphatic heterocycles. The lowest BCUT2D eigenvalue weighted by Crippen LogP contribution is -1.96. The zero-order valence-electron chi connectivity index (χ0n) is 60.9. The maximum atomic E-state index is 11.0. The largest absolute Gasteiger partial charge is 0.507 e. The van der Waals surface area contributed by atoms with Crippen LogP contribution in [0.4, 0.5) is 0 Å². The second-order valence-electron chi connectivity index (χ2n) is 24.7. The highest BCUT2D eigenvalue weighted by atomic mass is 127. The van der Waals surface area contributed by atoms with Crippen molar-refractivity contribution in [2.45, 2.75) is 20.8 Å². The fourth-order valence-electron chi connectivity index (χ4n) is 10.3. The topological polar surface area (TPSA) is 299 Å². The number of carboxylic acids is 6. The number of aromatic hydroxyl groups is 1. The van der Waals surface area contributed by atoms with Crippen molar-refractivity contribution in [2.75, 3.05) is 0 Å². The summed E-state index contributed by atoms with van der Waals surface area (Å²) in [6.07, 6.45) is 0. The van der Waals surface area contributed by atoms with Crippen LogP contribution in [0.3, 0.4) is 0 Å². The third-order valence-corrected chi connectivity index (χ3v) is 22.5. The van der Waals surface area contributed by atoms with Gasteiger partial charge in [0.15, 0.2) is 5.75 Å². The zero-order valence-corrected chi connectivity index (χ0v) is 80.3. The van der Waals surface area contributed by atoms with Gasteiger partial charge in [0.1, 0.15) is 69.0 Å². The maximum Gasteiger partial charge on any atom is 0.335 e. The molecule has 14 aromatic carbocycles. The van der Waals surface area contributed by atoms with Crippen molar-refractivity contribution in [3.05, 3.63) is 355 Å². The number of carboxylic acid groups (broad SMARTS) is 6. The van der Waals surface area contributed by atoms with Crippen LogP contribution >= 0.6 is 203 Å². The first kappa shape index (κ1) is 92.5. The van der Waals surface area contributed by atoms with Gasteiger partial charge in [0.2, 0.25) is 0 Å². The van der Waals surface area contributed by atoms with Gasteiger partial charge in [0.05, 0.1) is 47.7 Å². The van der Waals surface area contributed by atoms with Crippen LogP contribution in [-0.4, -0.2) is 71.6 Å². The summed E-state index contributed by atoms with van der Waals surface area (Å²) in [6, 6.07) is 79.6. The lowest BCUT2D eigenvalue weighted by atomic mass is 10.1. The molecule has 594 valence electrons. The molecule has 0 amide bonds. The number of fused-ring (bicyclic) bond motifs is 2. The van der Waals surface area contributed by atoms with E-state index in [0.29, 0.717) is 32.3 Å². The monoisotopic (exact) mass is 2580 g/mol. The number of phenolic OH excluding ortho intramolecular Hbond substituents is 1. The molecule has 0 aliphatic carbocycles. The number of aromatic carboxylic acids is 6. The first-order valence-corrected chi connectivity index (χ1v) is 43.7. The van der Waals surface area contributed by atoms with Crippen LogP contribution in [0.15, 0.2) is 273 Å². The molecular formula is C89H61I9O19. The van der Waals surface area contributed by atoms with Crippen LogP contribution in [0, 0.1) is 52.9 Å². The summed E-state index contributed by atoms with van der Waals surface area (Å²) in [5, 5.41) is 66.6. The number of benzene rings is 14. The summed E-state index contributed by atoms with van der Waals surface area (Å²) >= 11 is 20.0. The molecule has 7 N–H and O–H groups in total. The second-order valence-corrected chi connectivity index (χ2v) is 35.5. The molecule has 0 fully saturated rings. The van der Waals surface area contributed by atoms with Gasteiger partial charge in [-0.2, -0.15) is 0 Å². The molecule has 0 saturated heterocycles. The number of carbonyl (C=O) groups is 6. The molecule has 0 aromatic heterocycles. The lowest BCUT2D eigenvalue weighted by Gasteiger charge is -2.12. The van der Waals surface area contributed by atoms with Crippen LogP contribution in [0.5, 0.6) is 74.7 Å². The van der Waals surface area contributed by atoms with E-state index in [1.807, 2.05) is 146 Å². The molecule has 0 saturated carbocycles. The Hall–Kier alpha value is -8.41. The molecule has 117 heavy (non-hydrogen) atoms. The summed E-state index contributed by atoms with van der Waals surface area (Å²) in [6.45, 7) is 5.82. The van der Waals surface area contributed by atoms with E-state index in [4.69, 9.17) is 59.1 Å². The number of hydrogen-bond donors (Lipinski definition) is 7. The number of aryl methyl sites for hydroxylation is 3. The van der Waals surface area contributed by atoms with Crippen LogP contribution < -0.4 is 28.4 Å². The molecule has 0 heterocycles.